The van der Waals surface area contributed by atoms with Gasteiger partial charge in [0.2, 0.25) is 0 Å². The van der Waals surface area contributed by atoms with Gasteiger partial charge in [-0.2, -0.15) is 0 Å². The lowest BCUT2D eigenvalue weighted by Crippen LogP contribution is -2.52. The summed E-state index contributed by atoms with van der Waals surface area (Å²) < 4.78 is 5.19. The van der Waals surface area contributed by atoms with E-state index in [2.05, 4.69) is 24.5 Å². The predicted molar refractivity (Wildman–Crippen MR) is 70.6 cm³/mol. The standard InChI is InChI=1S/C14H22N2O2/c1-10-5-8-18-12(10)13(17)16-9-11-14(2,3)6-4-7-15-11/h5,8,11,15H,4,6-7,9H2,1-3H3,(H,16,17). The van der Waals surface area contributed by atoms with Crippen LogP contribution in [0.4, 0.5) is 0 Å². The number of rotatable bonds is 3. The van der Waals surface area contributed by atoms with Crippen LogP contribution in [0.1, 0.15) is 42.8 Å². The molecule has 1 saturated heterocycles. The third-order valence-electron chi connectivity index (χ3n) is 3.87. The number of aryl methyl sites for hydroxylation is 1. The maximum absolute atomic E-state index is 11.9. The third kappa shape index (κ3) is 2.75. The van der Waals surface area contributed by atoms with Crippen LogP contribution < -0.4 is 10.6 Å². The van der Waals surface area contributed by atoms with E-state index in [1.807, 2.05) is 6.92 Å². The first kappa shape index (κ1) is 13.1. The molecule has 18 heavy (non-hydrogen) atoms. The van der Waals surface area contributed by atoms with Crippen molar-refractivity contribution in [2.24, 2.45) is 5.41 Å². The van der Waals surface area contributed by atoms with E-state index in [0.717, 1.165) is 12.1 Å². The highest BCUT2D eigenvalue weighted by molar-refractivity contribution is 5.92. The first-order chi connectivity index (χ1) is 8.50. The van der Waals surface area contributed by atoms with Gasteiger partial charge in [-0.25, -0.2) is 0 Å². The minimum absolute atomic E-state index is 0.124. The molecule has 2 heterocycles. The lowest BCUT2D eigenvalue weighted by Gasteiger charge is -2.39. The van der Waals surface area contributed by atoms with Crippen LogP contribution in [0.15, 0.2) is 16.7 Å². The van der Waals surface area contributed by atoms with Crippen molar-refractivity contribution in [1.82, 2.24) is 10.6 Å². The Kier molecular flexibility index (Phi) is 3.76. The van der Waals surface area contributed by atoms with E-state index in [-0.39, 0.29) is 11.3 Å². The molecule has 100 valence electrons. The fourth-order valence-electron chi connectivity index (χ4n) is 2.50. The maximum atomic E-state index is 11.9. The lowest BCUT2D eigenvalue weighted by atomic mass is 9.77. The van der Waals surface area contributed by atoms with Gasteiger partial charge in [0.25, 0.3) is 5.91 Å². The van der Waals surface area contributed by atoms with Crippen LogP contribution in [-0.4, -0.2) is 25.0 Å². The largest absolute Gasteiger partial charge is 0.459 e. The Hall–Kier alpha value is -1.29. The summed E-state index contributed by atoms with van der Waals surface area (Å²) in [6.07, 6.45) is 3.95. The topological polar surface area (TPSA) is 54.3 Å². The zero-order valence-corrected chi connectivity index (χ0v) is 11.4. The van der Waals surface area contributed by atoms with Crippen molar-refractivity contribution in [3.8, 4) is 0 Å². The van der Waals surface area contributed by atoms with Gasteiger partial charge in [-0.15, -0.1) is 0 Å². The van der Waals surface area contributed by atoms with Crippen LogP contribution in [0.2, 0.25) is 0 Å². The third-order valence-corrected chi connectivity index (χ3v) is 3.87. The Morgan fingerprint density at radius 3 is 3.00 bits per heavy atom. The second-order valence-corrected chi connectivity index (χ2v) is 5.74. The quantitative estimate of drug-likeness (QED) is 0.863. The molecule has 0 radical (unpaired) electrons. The fraction of sp³-hybridized carbons (Fsp3) is 0.643. The van der Waals surface area contributed by atoms with Gasteiger partial charge in [0, 0.05) is 18.2 Å². The van der Waals surface area contributed by atoms with E-state index in [0.29, 0.717) is 18.3 Å². The lowest BCUT2D eigenvalue weighted by molar-refractivity contribution is 0.0900. The molecule has 0 aliphatic carbocycles. The van der Waals surface area contributed by atoms with Crippen molar-refractivity contribution in [1.29, 1.82) is 0 Å². The number of hydrogen-bond acceptors (Lipinski definition) is 3. The van der Waals surface area contributed by atoms with Crippen LogP contribution in [0.5, 0.6) is 0 Å². The van der Waals surface area contributed by atoms with Gasteiger partial charge in [0.15, 0.2) is 5.76 Å². The minimum Gasteiger partial charge on any atom is -0.459 e. The second kappa shape index (κ2) is 5.14. The number of piperidine rings is 1. The Morgan fingerprint density at radius 1 is 1.61 bits per heavy atom. The summed E-state index contributed by atoms with van der Waals surface area (Å²) in [7, 11) is 0. The first-order valence-corrected chi connectivity index (χ1v) is 6.56. The molecule has 1 aliphatic heterocycles. The van der Waals surface area contributed by atoms with Gasteiger partial charge in [-0.05, 0) is 37.8 Å². The molecule has 0 aromatic carbocycles. The predicted octanol–water partition coefficient (Wildman–Crippen LogP) is 2.10. The van der Waals surface area contributed by atoms with Crippen LogP contribution in [-0.2, 0) is 0 Å². The highest BCUT2D eigenvalue weighted by atomic mass is 16.3. The van der Waals surface area contributed by atoms with Crippen molar-refractivity contribution in [3.05, 3.63) is 23.7 Å². The summed E-state index contributed by atoms with van der Waals surface area (Å²) in [4.78, 5) is 11.9. The molecule has 1 aliphatic rings. The molecule has 1 aromatic rings. The number of carbonyl (C=O) groups is 1. The highest BCUT2D eigenvalue weighted by Crippen LogP contribution is 2.29. The Labute approximate surface area is 108 Å². The van der Waals surface area contributed by atoms with Crippen molar-refractivity contribution < 1.29 is 9.21 Å². The summed E-state index contributed by atoms with van der Waals surface area (Å²) >= 11 is 0. The zero-order valence-electron chi connectivity index (χ0n) is 11.4. The average molecular weight is 250 g/mol. The van der Waals surface area contributed by atoms with Crippen molar-refractivity contribution in [2.45, 2.75) is 39.7 Å². The molecular weight excluding hydrogens is 228 g/mol. The Morgan fingerprint density at radius 2 is 2.39 bits per heavy atom. The Balaban J connectivity index is 1.91. The summed E-state index contributed by atoms with van der Waals surface area (Å²) in [6.45, 7) is 8.04. The zero-order chi connectivity index (χ0) is 13.2. The summed E-state index contributed by atoms with van der Waals surface area (Å²) in [6, 6.07) is 2.13. The molecule has 1 aromatic heterocycles. The van der Waals surface area contributed by atoms with Gasteiger partial charge in [-0.3, -0.25) is 4.79 Å². The van der Waals surface area contributed by atoms with E-state index in [4.69, 9.17) is 4.42 Å². The monoisotopic (exact) mass is 250 g/mol. The average Bonchev–Trinajstić information content (AvgIpc) is 2.73. The molecule has 2 rings (SSSR count). The fourth-order valence-corrected chi connectivity index (χ4v) is 2.50. The Bertz CT molecular complexity index is 423. The highest BCUT2D eigenvalue weighted by Gasteiger charge is 2.32. The molecule has 0 spiro atoms. The molecule has 4 nitrogen and oxygen atoms in total. The van der Waals surface area contributed by atoms with E-state index >= 15 is 0 Å². The maximum Gasteiger partial charge on any atom is 0.287 e. The smallest absolute Gasteiger partial charge is 0.287 e. The molecule has 0 saturated carbocycles. The SMILES string of the molecule is Cc1ccoc1C(=O)NCC1NCCCC1(C)C. The molecule has 1 amide bonds. The van der Waals surface area contributed by atoms with Gasteiger partial charge in [0.05, 0.1) is 6.26 Å². The number of amides is 1. The van der Waals surface area contributed by atoms with E-state index < -0.39 is 0 Å². The van der Waals surface area contributed by atoms with Crippen LogP contribution in [0.3, 0.4) is 0 Å². The minimum atomic E-state index is -0.124. The summed E-state index contributed by atoms with van der Waals surface area (Å²) in [5.74, 6) is 0.296. The molecule has 4 heteroatoms. The van der Waals surface area contributed by atoms with Gasteiger partial charge >= 0.3 is 0 Å². The van der Waals surface area contributed by atoms with Gasteiger partial charge < -0.3 is 15.1 Å². The summed E-state index contributed by atoms with van der Waals surface area (Å²) in [5, 5.41) is 6.44. The molecule has 0 bridgehead atoms. The molecule has 1 atom stereocenters. The molecular formula is C14H22N2O2. The summed E-state index contributed by atoms with van der Waals surface area (Å²) in [5.41, 5.74) is 1.10. The first-order valence-electron chi connectivity index (χ1n) is 6.56. The van der Waals surface area contributed by atoms with Gasteiger partial charge in [-0.1, -0.05) is 13.8 Å². The second-order valence-electron chi connectivity index (χ2n) is 5.74. The number of carbonyl (C=O) groups excluding carboxylic acids is 1. The van der Waals surface area contributed by atoms with Crippen LogP contribution in [0, 0.1) is 12.3 Å². The number of hydrogen-bond donors (Lipinski definition) is 2. The molecule has 1 unspecified atom stereocenters. The number of furan rings is 1. The van der Waals surface area contributed by atoms with Crippen molar-refractivity contribution in [3.63, 3.8) is 0 Å². The van der Waals surface area contributed by atoms with E-state index in [9.17, 15) is 4.79 Å². The van der Waals surface area contributed by atoms with Crippen LogP contribution in [0.25, 0.3) is 0 Å². The van der Waals surface area contributed by atoms with E-state index in [1.54, 1.807) is 12.3 Å². The van der Waals surface area contributed by atoms with E-state index in [1.165, 1.54) is 12.8 Å². The molecule has 2 N–H and O–H groups in total. The normalized spacial score (nSPS) is 22.7. The van der Waals surface area contributed by atoms with Crippen molar-refractivity contribution >= 4 is 5.91 Å². The van der Waals surface area contributed by atoms with Gasteiger partial charge in [0.1, 0.15) is 0 Å². The molecule has 1 fully saturated rings. The van der Waals surface area contributed by atoms with Crippen LogP contribution >= 0.6 is 0 Å². The number of nitrogens with one attached hydrogen (secondary N) is 2. The van der Waals surface area contributed by atoms with Crippen molar-refractivity contribution in [2.75, 3.05) is 13.1 Å².